The van der Waals surface area contributed by atoms with E-state index in [0.29, 0.717) is 17.9 Å². The molecule has 27 heavy (non-hydrogen) atoms. The summed E-state index contributed by atoms with van der Waals surface area (Å²) >= 11 is 0. The van der Waals surface area contributed by atoms with E-state index in [0.717, 1.165) is 44.7 Å². The van der Waals surface area contributed by atoms with Gasteiger partial charge in [0, 0.05) is 24.8 Å². The number of hydrogen-bond acceptors (Lipinski definition) is 5. The maximum Gasteiger partial charge on any atom is 0.341 e. The minimum atomic E-state index is -0.321. The molecular weight excluding hydrogens is 340 g/mol. The van der Waals surface area contributed by atoms with E-state index < -0.39 is 0 Å². The van der Waals surface area contributed by atoms with E-state index in [4.69, 9.17) is 9.47 Å². The molecule has 0 aromatic heterocycles. The second-order valence-corrected chi connectivity index (χ2v) is 6.88. The molecule has 1 N–H and O–H groups in total. The van der Waals surface area contributed by atoms with Crippen molar-refractivity contribution in [2.75, 3.05) is 45.2 Å². The molecule has 0 radical (unpaired) electrons. The third-order valence-corrected chi connectivity index (χ3v) is 4.58. The van der Waals surface area contributed by atoms with Crippen LogP contribution in [0.4, 0.5) is 5.69 Å². The highest BCUT2D eigenvalue weighted by atomic mass is 16.5. The molecule has 1 aromatic rings. The highest BCUT2D eigenvalue weighted by molar-refractivity contribution is 5.93. The van der Waals surface area contributed by atoms with Gasteiger partial charge in [0.1, 0.15) is 17.9 Å². The fourth-order valence-corrected chi connectivity index (χ4v) is 2.82. The van der Waals surface area contributed by atoms with E-state index in [2.05, 4.69) is 31.0 Å². The van der Waals surface area contributed by atoms with Crippen LogP contribution in [0.5, 0.6) is 5.75 Å². The van der Waals surface area contributed by atoms with Gasteiger partial charge in [-0.1, -0.05) is 40.0 Å². The van der Waals surface area contributed by atoms with E-state index >= 15 is 0 Å². The van der Waals surface area contributed by atoms with Crippen LogP contribution in [0.3, 0.4) is 0 Å². The maximum atomic E-state index is 12.5. The van der Waals surface area contributed by atoms with E-state index in [9.17, 15) is 4.79 Å². The van der Waals surface area contributed by atoms with Crippen molar-refractivity contribution in [1.29, 1.82) is 0 Å². The third-order valence-electron chi connectivity index (χ3n) is 4.58. The Labute approximate surface area is 165 Å². The Balaban J connectivity index is 2.56. The highest BCUT2D eigenvalue weighted by Gasteiger charge is 2.15. The summed E-state index contributed by atoms with van der Waals surface area (Å²) in [5, 5.41) is 3.34. The van der Waals surface area contributed by atoms with Crippen LogP contribution in [0.2, 0.25) is 0 Å². The van der Waals surface area contributed by atoms with Gasteiger partial charge >= 0.3 is 5.97 Å². The van der Waals surface area contributed by atoms with Crippen molar-refractivity contribution in [2.24, 2.45) is 0 Å². The van der Waals surface area contributed by atoms with Crippen molar-refractivity contribution < 1.29 is 14.3 Å². The molecule has 154 valence electrons. The lowest BCUT2D eigenvalue weighted by molar-refractivity contribution is 0.0457. The van der Waals surface area contributed by atoms with Crippen molar-refractivity contribution >= 4 is 11.7 Å². The van der Waals surface area contributed by atoms with Gasteiger partial charge in [-0.25, -0.2) is 4.79 Å². The number of hydrogen-bond donors (Lipinski definition) is 1. The second kappa shape index (κ2) is 14.3. The highest BCUT2D eigenvalue weighted by Crippen LogP contribution is 2.24. The molecule has 0 heterocycles. The molecule has 0 saturated carbocycles. The fourth-order valence-electron chi connectivity index (χ4n) is 2.82. The van der Waals surface area contributed by atoms with Crippen LogP contribution in [0.15, 0.2) is 18.2 Å². The predicted molar refractivity (Wildman–Crippen MR) is 113 cm³/mol. The molecule has 5 heteroatoms. The Morgan fingerprint density at radius 2 is 1.67 bits per heavy atom. The van der Waals surface area contributed by atoms with Crippen LogP contribution >= 0.6 is 0 Å². The Kier molecular flexibility index (Phi) is 12.4. The van der Waals surface area contributed by atoms with Crippen LogP contribution in [0.1, 0.15) is 69.7 Å². The number of nitrogens with one attached hydrogen (secondary N) is 1. The van der Waals surface area contributed by atoms with Gasteiger partial charge in [0.15, 0.2) is 0 Å². The Bertz CT molecular complexity index is 526. The number of rotatable bonds is 15. The number of esters is 1. The second-order valence-electron chi connectivity index (χ2n) is 6.88. The quantitative estimate of drug-likeness (QED) is 0.345. The average Bonchev–Trinajstić information content (AvgIpc) is 2.69. The topological polar surface area (TPSA) is 50.8 Å². The van der Waals surface area contributed by atoms with Gasteiger partial charge in [0.25, 0.3) is 0 Å². The monoisotopic (exact) mass is 378 g/mol. The van der Waals surface area contributed by atoms with Crippen molar-refractivity contribution in [3.05, 3.63) is 23.8 Å². The first-order chi connectivity index (χ1) is 13.2. The molecule has 0 saturated heterocycles. The Morgan fingerprint density at radius 1 is 1.00 bits per heavy atom. The zero-order chi connectivity index (χ0) is 19.9. The van der Waals surface area contributed by atoms with E-state index in [1.54, 1.807) is 13.2 Å². The smallest absolute Gasteiger partial charge is 0.341 e. The minimum absolute atomic E-state index is 0.321. The van der Waals surface area contributed by atoms with Crippen LogP contribution in [0.25, 0.3) is 0 Å². The van der Waals surface area contributed by atoms with Gasteiger partial charge in [-0.3, -0.25) is 4.90 Å². The van der Waals surface area contributed by atoms with Gasteiger partial charge in [0.05, 0.1) is 7.11 Å². The maximum absolute atomic E-state index is 12.5. The van der Waals surface area contributed by atoms with Crippen LogP contribution in [0, 0.1) is 0 Å². The standard InChI is InChI=1S/C22H38N2O3/c1-5-8-13-23-19-11-12-20(21(18-19)26-4)22(25)27-17-16-24(14-9-6-2)15-10-7-3/h11-12,18,23H,5-10,13-17H2,1-4H3. The molecular formula is C22H38N2O3. The van der Waals surface area contributed by atoms with E-state index in [1.807, 2.05) is 12.1 Å². The first-order valence-corrected chi connectivity index (χ1v) is 10.5. The lowest BCUT2D eigenvalue weighted by Gasteiger charge is -2.21. The third kappa shape index (κ3) is 9.14. The number of ether oxygens (including phenoxy) is 2. The average molecular weight is 379 g/mol. The molecule has 0 aliphatic rings. The van der Waals surface area contributed by atoms with E-state index in [-0.39, 0.29) is 5.97 Å². The van der Waals surface area contributed by atoms with Crippen LogP contribution < -0.4 is 10.1 Å². The largest absolute Gasteiger partial charge is 0.496 e. The minimum Gasteiger partial charge on any atom is -0.496 e. The SMILES string of the molecule is CCCCNc1ccc(C(=O)OCCN(CCCC)CCCC)c(OC)c1. The lowest BCUT2D eigenvalue weighted by Crippen LogP contribution is -2.30. The van der Waals surface area contributed by atoms with Crippen LogP contribution in [-0.4, -0.2) is 50.8 Å². The number of methoxy groups -OCH3 is 1. The van der Waals surface area contributed by atoms with Crippen molar-refractivity contribution in [2.45, 2.75) is 59.3 Å². The summed E-state index contributed by atoms with van der Waals surface area (Å²) in [5.74, 6) is 0.230. The van der Waals surface area contributed by atoms with Crippen molar-refractivity contribution in [1.82, 2.24) is 4.90 Å². The zero-order valence-electron chi connectivity index (χ0n) is 17.7. The van der Waals surface area contributed by atoms with E-state index in [1.165, 1.54) is 25.7 Å². The normalized spacial score (nSPS) is 10.9. The number of nitrogens with zero attached hydrogens (tertiary/aromatic N) is 1. The lowest BCUT2D eigenvalue weighted by atomic mass is 10.1. The summed E-state index contributed by atoms with van der Waals surface area (Å²) in [4.78, 5) is 14.9. The number of unbranched alkanes of at least 4 members (excludes halogenated alkanes) is 3. The molecule has 0 atom stereocenters. The number of carbonyl (C=O) groups is 1. The molecule has 0 aliphatic carbocycles. The summed E-state index contributed by atoms with van der Waals surface area (Å²) in [5.41, 5.74) is 1.44. The van der Waals surface area contributed by atoms with Gasteiger partial charge in [-0.15, -0.1) is 0 Å². The Morgan fingerprint density at radius 3 is 2.26 bits per heavy atom. The molecule has 1 rings (SSSR count). The molecule has 0 amide bonds. The molecule has 0 spiro atoms. The first-order valence-electron chi connectivity index (χ1n) is 10.5. The summed E-state index contributed by atoms with van der Waals surface area (Å²) in [6, 6.07) is 5.55. The summed E-state index contributed by atoms with van der Waals surface area (Å²) in [6.45, 7) is 10.8. The van der Waals surface area contributed by atoms with Gasteiger partial charge in [-0.2, -0.15) is 0 Å². The zero-order valence-corrected chi connectivity index (χ0v) is 17.7. The molecule has 5 nitrogen and oxygen atoms in total. The predicted octanol–water partition coefficient (Wildman–Crippen LogP) is 4.97. The molecule has 1 aromatic carbocycles. The summed E-state index contributed by atoms with van der Waals surface area (Å²) in [6.07, 6.45) is 6.97. The first kappa shape index (κ1) is 23.3. The Hall–Kier alpha value is -1.75. The van der Waals surface area contributed by atoms with Gasteiger partial charge < -0.3 is 14.8 Å². The van der Waals surface area contributed by atoms with Crippen LogP contribution in [-0.2, 0) is 4.74 Å². The van der Waals surface area contributed by atoms with Crippen molar-refractivity contribution in [3.63, 3.8) is 0 Å². The molecule has 0 bridgehead atoms. The van der Waals surface area contributed by atoms with Gasteiger partial charge in [-0.05, 0) is 44.5 Å². The number of benzene rings is 1. The summed E-state index contributed by atoms with van der Waals surface area (Å²) < 4.78 is 10.9. The molecule has 0 aliphatic heterocycles. The summed E-state index contributed by atoms with van der Waals surface area (Å²) in [7, 11) is 1.58. The molecule has 0 fully saturated rings. The fraction of sp³-hybridized carbons (Fsp3) is 0.682. The van der Waals surface area contributed by atoms with Gasteiger partial charge in [0.2, 0.25) is 0 Å². The molecule has 0 unspecified atom stereocenters. The number of carbonyl (C=O) groups excluding carboxylic acids is 1. The van der Waals surface area contributed by atoms with Crippen molar-refractivity contribution in [3.8, 4) is 5.75 Å². The number of anilines is 1.